The van der Waals surface area contributed by atoms with E-state index in [9.17, 15) is 0 Å². The molecule has 1 rings (SSSR count). The summed E-state index contributed by atoms with van der Waals surface area (Å²) in [5.74, 6) is 6.38. The Labute approximate surface area is 120 Å². The Balaban J connectivity index is 2.60. The molecule has 3 N–H and O–H groups in total. The minimum absolute atomic E-state index is 0.134. The molecule has 0 aromatic heterocycles. The molecule has 0 bridgehead atoms. The van der Waals surface area contributed by atoms with Crippen LogP contribution in [0.15, 0.2) is 24.3 Å². The van der Waals surface area contributed by atoms with Crippen molar-refractivity contribution >= 4 is 0 Å². The standard InChI is InChI=1S/C14H24N2O4/c1-17-7-9-19-11-13(16-15)12-5-3-4-6-14(12)20-10-8-18-2/h3-6,13,16H,7-11,15H2,1-2H3. The lowest BCUT2D eigenvalue weighted by atomic mass is 10.1. The number of nitrogens with one attached hydrogen (secondary N) is 1. The first-order chi connectivity index (χ1) is 9.83. The van der Waals surface area contributed by atoms with Crippen LogP contribution in [-0.4, -0.2) is 47.3 Å². The Hall–Kier alpha value is -1.18. The highest BCUT2D eigenvalue weighted by Crippen LogP contribution is 2.24. The van der Waals surface area contributed by atoms with Crippen LogP contribution in [0.25, 0.3) is 0 Å². The topological polar surface area (TPSA) is 75.0 Å². The van der Waals surface area contributed by atoms with Crippen molar-refractivity contribution in [2.24, 2.45) is 5.84 Å². The number of hydrogen-bond donors (Lipinski definition) is 2. The van der Waals surface area contributed by atoms with Crippen LogP contribution in [0.3, 0.4) is 0 Å². The number of hydrogen-bond acceptors (Lipinski definition) is 6. The monoisotopic (exact) mass is 284 g/mol. The third kappa shape index (κ3) is 5.85. The molecule has 6 heteroatoms. The SMILES string of the molecule is COCCOCC(NN)c1ccccc1OCCOC. The summed E-state index contributed by atoms with van der Waals surface area (Å²) in [5, 5.41) is 0. The van der Waals surface area contributed by atoms with Crippen molar-refractivity contribution < 1.29 is 18.9 Å². The molecule has 0 spiro atoms. The van der Waals surface area contributed by atoms with Crippen LogP contribution in [-0.2, 0) is 14.2 Å². The number of benzene rings is 1. The number of para-hydroxylation sites is 1. The Morgan fingerprint density at radius 1 is 1.05 bits per heavy atom. The fraction of sp³-hybridized carbons (Fsp3) is 0.571. The molecule has 1 aromatic carbocycles. The highest BCUT2D eigenvalue weighted by Gasteiger charge is 2.14. The van der Waals surface area contributed by atoms with Gasteiger partial charge in [0.1, 0.15) is 12.4 Å². The number of ether oxygens (including phenoxy) is 4. The van der Waals surface area contributed by atoms with Crippen LogP contribution in [0.5, 0.6) is 5.75 Å². The van der Waals surface area contributed by atoms with Gasteiger partial charge in [-0.25, -0.2) is 0 Å². The summed E-state index contributed by atoms with van der Waals surface area (Å²) < 4.78 is 21.1. The van der Waals surface area contributed by atoms with Crippen molar-refractivity contribution in [2.45, 2.75) is 6.04 Å². The fourth-order valence-corrected chi connectivity index (χ4v) is 1.71. The second-order valence-electron chi connectivity index (χ2n) is 4.17. The maximum Gasteiger partial charge on any atom is 0.124 e. The van der Waals surface area contributed by atoms with Crippen LogP contribution in [0, 0.1) is 0 Å². The highest BCUT2D eigenvalue weighted by molar-refractivity contribution is 5.36. The zero-order valence-corrected chi connectivity index (χ0v) is 12.1. The van der Waals surface area contributed by atoms with E-state index in [0.717, 1.165) is 11.3 Å². The van der Waals surface area contributed by atoms with E-state index in [1.54, 1.807) is 14.2 Å². The summed E-state index contributed by atoms with van der Waals surface area (Å²) in [6, 6.07) is 7.60. The molecule has 0 heterocycles. The molecule has 0 amide bonds. The number of hydrazine groups is 1. The third-order valence-electron chi connectivity index (χ3n) is 2.76. The van der Waals surface area contributed by atoms with Crippen molar-refractivity contribution in [3.63, 3.8) is 0 Å². The van der Waals surface area contributed by atoms with Crippen molar-refractivity contribution in [2.75, 3.05) is 47.3 Å². The average Bonchev–Trinajstić information content (AvgIpc) is 2.49. The summed E-state index contributed by atoms with van der Waals surface area (Å²) in [4.78, 5) is 0. The first-order valence-electron chi connectivity index (χ1n) is 6.57. The first-order valence-corrected chi connectivity index (χ1v) is 6.57. The number of rotatable bonds is 11. The molecule has 1 atom stereocenters. The molecule has 1 unspecified atom stereocenters. The van der Waals surface area contributed by atoms with E-state index in [0.29, 0.717) is 33.0 Å². The van der Waals surface area contributed by atoms with Gasteiger partial charge < -0.3 is 18.9 Å². The second kappa shape index (κ2) is 10.6. The van der Waals surface area contributed by atoms with E-state index < -0.39 is 0 Å². The molecule has 0 aliphatic rings. The van der Waals surface area contributed by atoms with Crippen LogP contribution >= 0.6 is 0 Å². The molecule has 1 aromatic rings. The van der Waals surface area contributed by atoms with Gasteiger partial charge in [-0.1, -0.05) is 18.2 Å². The van der Waals surface area contributed by atoms with Crippen LogP contribution in [0.4, 0.5) is 0 Å². The first kappa shape index (κ1) is 16.9. The van der Waals surface area contributed by atoms with Crippen LogP contribution in [0.2, 0.25) is 0 Å². The average molecular weight is 284 g/mol. The van der Waals surface area contributed by atoms with Gasteiger partial charge in [0, 0.05) is 19.8 Å². The third-order valence-corrected chi connectivity index (χ3v) is 2.76. The van der Waals surface area contributed by atoms with Gasteiger partial charge in [-0.05, 0) is 6.07 Å². The molecular formula is C14H24N2O4. The van der Waals surface area contributed by atoms with Gasteiger partial charge in [-0.3, -0.25) is 11.3 Å². The minimum atomic E-state index is -0.134. The fourth-order valence-electron chi connectivity index (χ4n) is 1.71. The summed E-state index contributed by atoms with van der Waals surface area (Å²) >= 11 is 0. The smallest absolute Gasteiger partial charge is 0.124 e. The molecule has 0 aliphatic heterocycles. The Morgan fingerprint density at radius 3 is 2.45 bits per heavy atom. The van der Waals surface area contributed by atoms with Gasteiger partial charge in [-0.15, -0.1) is 0 Å². The normalized spacial score (nSPS) is 12.3. The predicted molar refractivity (Wildman–Crippen MR) is 76.6 cm³/mol. The Bertz CT molecular complexity index is 363. The van der Waals surface area contributed by atoms with E-state index in [1.807, 2.05) is 24.3 Å². The lowest BCUT2D eigenvalue weighted by Gasteiger charge is -2.20. The summed E-state index contributed by atoms with van der Waals surface area (Å²) in [6.07, 6.45) is 0. The molecule has 20 heavy (non-hydrogen) atoms. The van der Waals surface area contributed by atoms with Crippen molar-refractivity contribution in [1.29, 1.82) is 0 Å². The lowest BCUT2D eigenvalue weighted by Crippen LogP contribution is -2.32. The van der Waals surface area contributed by atoms with E-state index >= 15 is 0 Å². The van der Waals surface area contributed by atoms with E-state index in [4.69, 9.17) is 24.8 Å². The van der Waals surface area contributed by atoms with Gasteiger partial charge in [0.05, 0.1) is 32.5 Å². The predicted octanol–water partition coefficient (Wildman–Crippen LogP) is 0.879. The van der Waals surface area contributed by atoms with E-state index in [2.05, 4.69) is 5.43 Å². The van der Waals surface area contributed by atoms with Gasteiger partial charge >= 0.3 is 0 Å². The zero-order valence-electron chi connectivity index (χ0n) is 12.1. The van der Waals surface area contributed by atoms with Gasteiger partial charge in [0.25, 0.3) is 0 Å². The van der Waals surface area contributed by atoms with Crippen molar-refractivity contribution in [3.05, 3.63) is 29.8 Å². The Morgan fingerprint density at radius 2 is 1.75 bits per heavy atom. The second-order valence-corrected chi connectivity index (χ2v) is 4.17. The molecule has 0 fully saturated rings. The molecule has 0 saturated carbocycles. The molecule has 0 saturated heterocycles. The largest absolute Gasteiger partial charge is 0.491 e. The molecule has 0 aliphatic carbocycles. The maximum atomic E-state index is 5.69. The number of methoxy groups -OCH3 is 2. The lowest BCUT2D eigenvalue weighted by molar-refractivity contribution is 0.0579. The minimum Gasteiger partial charge on any atom is -0.491 e. The maximum absolute atomic E-state index is 5.69. The summed E-state index contributed by atoms with van der Waals surface area (Å²) in [5.41, 5.74) is 3.71. The number of nitrogens with two attached hydrogens (primary N) is 1. The van der Waals surface area contributed by atoms with Gasteiger partial charge in [0.2, 0.25) is 0 Å². The van der Waals surface area contributed by atoms with E-state index in [1.165, 1.54) is 0 Å². The molecule has 0 radical (unpaired) electrons. The van der Waals surface area contributed by atoms with Gasteiger partial charge in [0.15, 0.2) is 0 Å². The zero-order chi connectivity index (χ0) is 14.6. The summed E-state index contributed by atoms with van der Waals surface area (Å²) in [6.45, 7) is 2.57. The quantitative estimate of drug-likeness (QED) is 0.357. The van der Waals surface area contributed by atoms with Crippen molar-refractivity contribution in [3.8, 4) is 5.75 Å². The Kier molecular flexibility index (Phi) is 8.93. The summed E-state index contributed by atoms with van der Waals surface area (Å²) in [7, 11) is 3.28. The van der Waals surface area contributed by atoms with Crippen LogP contribution < -0.4 is 16.0 Å². The van der Waals surface area contributed by atoms with E-state index in [-0.39, 0.29) is 6.04 Å². The molecular weight excluding hydrogens is 260 g/mol. The van der Waals surface area contributed by atoms with Crippen LogP contribution in [0.1, 0.15) is 11.6 Å². The molecule has 6 nitrogen and oxygen atoms in total. The van der Waals surface area contributed by atoms with Gasteiger partial charge in [-0.2, -0.15) is 0 Å². The van der Waals surface area contributed by atoms with Crippen molar-refractivity contribution in [1.82, 2.24) is 5.43 Å². The highest BCUT2D eigenvalue weighted by atomic mass is 16.5. The molecule has 114 valence electrons.